The Morgan fingerprint density at radius 3 is 2.88 bits per heavy atom. The highest BCUT2D eigenvalue weighted by Crippen LogP contribution is 2.20. The maximum Gasteiger partial charge on any atom is 0.231 e. The summed E-state index contributed by atoms with van der Waals surface area (Å²) in [6, 6.07) is 0. The molecule has 0 saturated carbocycles. The van der Waals surface area contributed by atoms with Crippen LogP contribution in [0.25, 0.3) is 0 Å². The summed E-state index contributed by atoms with van der Waals surface area (Å²) < 4.78 is 1.69. The van der Waals surface area contributed by atoms with Gasteiger partial charge in [0.25, 0.3) is 0 Å². The molecule has 0 aliphatic carbocycles. The van der Waals surface area contributed by atoms with Crippen molar-refractivity contribution in [1.82, 2.24) is 25.5 Å². The van der Waals surface area contributed by atoms with Crippen molar-refractivity contribution in [3.05, 3.63) is 0 Å². The molecule has 1 aromatic heterocycles. The lowest BCUT2D eigenvalue weighted by atomic mass is 10.1. The van der Waals surface area contributed by atoms with E-state index in [0.717, 1.165) is 0 Å². The number of nitrogens with one attached hydrogen (secondary N) is 1. The molecule has 17 heavy (non-hydrogen) atoms. The molecule has 1 rings (SSSR count). The number of thioether (sulfide) groups is 1. The van der Waals surface area contributed by atoms with Gasteiger partial charge >= 0.3 is 0 Å². The van der Waals surface area contributed by atoms with E-state index < -0.39 is 0 Å². The molecule has 0 aliphatic heterocycles. The van der Waals surface area contributed by atoms with Crippen molar-refractivity contribution in [2.75, 3.05) is 12.3 Å². The van der Waals surface area contributed by atoms with Crippen molar-refractivity contribution >= 4 is 17.7 Å². The summed E-state index contributed by atoms with van der Waals surface area (Å²) in [7, 11) is 0. The van der Waals surface area contributed by atoms with Crippen LogP contribution in [0.3, 0.4) is 0 Å². The fourth-order valence-corrected chi connectivity index (χ4v) is 1.91. The predicted molar refractivity (Wildman–Crippen MR) is 65.4 cm³/mol. The maximum atomic E-state index is 11.4. The molecule has 6 nitrogen and oxygen atoms in total. The number of terminal acetylenes is 1. The fraction of sp³-hybridized carbons (Fsp3) is 0.600. The Morgan fingerprint density at radius 2 is 2.29 bits per heavy atom. The van der Waals surface area contributed by atoms with Crippen molar-refractivity contribution in [1.29, 1.82) is 0 Å². The number of aromatic nitrogens is 4. The highest BCUT2D eigenvalue weighted by atomic mass is 32.2. The summed E-state index contributed by atoms with van der Waals surface area (Å²) in [5.41, 5.74) is -0.207. The molecule has 0 atom stereocenters. The van der Waals surface area contributed by atoms with E-state index in [9.17, 15) is 4.79 Å². The molecule has 1 aromatic rings. The fourth-order valence-electron chi connectivity index (χ4n) is 1.02. The van der Waals surface area contributed by atoms with Crippen LogP contribution in [0.2, 0.25) is 0 Å². The molecular weight excluding hydrogens is 238 g/mol. The van der Waals surface area contributed by atoms with Crippen molar-refractivity contribution in [3.8, 4) is 12.3 Å². The van der Waals surface area contributed by atoms with E-state index >= 15 is 0 Å². The summed E-state index contributed by atoms with van der Waals surface area (Å²) in [6.45, 7) is 6.22. The minimum atomic E-state index is -0.207. The number of carbonyl (C=O) groups is 1. The van der Waals surface area contributed by atoms with Gasteiger partial charge in [-0.25, -0.2) is 4.68 Å². The average molecular weight is 253 g/mol. The van der Waals surface area contributed by atoms with Gasteiger partial charge in [-0.3, -0.25) is 4.79 Å². The topological polar surface area (TPSA) is 72.7 Å². The zero-order valence-electron chi connectivity index (χ0n) is 10.1. The zero-order chi connectivity index (χ0) is 12.9. The molecule has 0 unspecified atom stereocenters. The van der Waals surface area contributed by atoms with Crippen molar-refractivity contribution < 1.29 is 4.79 Å². The van der Waals surface area contributed by atoms with E-state index in [1.165, 1.54) is 11.8 Å². The summed E-state index contributed by atoms with van der Waals surface area (Å²) in [5.74, 6) is 2.46. The van der Waals surface area contributed by atoms with Gasteiger partial charge in [0, 0.05) is 0 Å². The quantitative estimate of drug-likeness (QED) is 0.616. The second-order valence-electron chi connectivity index (χ2n) is 4.31. The standard InChI is InChI=1S/C10H15N5OS/c1-5-6-11-8(16)7-17-9-12-13-14-15(9)10(2,3)4/h1H,6-7H2,2-4H3,(H,11,16). The second-order valence-corrected chi connectivity index (χ2v) is 5.26. The van der Waals surface area contributed by atoms with Crippen LogP contribution in [0.5, 0.6) is 0 Å². The average Bonchev–Trinajstić information content (AvgIpc) is 2.71. The summed E-state index contributed by atoms with van der Waals surface area (Å²) >= 11 is 1.29. The Labute approximate surface area is 105 Å². The smallest absolute Gasteiger partial charge is 0.231 e. The number of nitrogens with zero attached hydrogens (tertiary/aromatic N) is 4. The van der Waals surface area contributed by atoms with Crippen LogP contribution < -0.4 is 5.32 Å². The highest BCUT2D eigenvalue weighted by molar-refractivity contribution is 7.99. The third-order valence-electron chi connectivity index (χ3n) is 1.80. The van der Waals surface area contributed by atoms with Crippen LogP contribution >= 0.6 is 11.8 Å². The first-order valence-electron chi connectivity index (χ1n) is 5.07. The third kappa shape index (κ3) is 4.07. The van der Waals surface area contributed by atoms with E-state index in [-0.39, 0.29) is 23.7 Å². The number of carbonyl (C=O) groups excluding carboxylic acids is 1. The number of rotatable bonds is 4. The molecule has 0 aromatic carbocycles. The lowest BCUT2D eigenvalue weighted by molar-refractivity contribution is -0.118. The Kier molecular flexibility index (Phi) is 4.52. The van der Waals surface area contributed by atoms with Gasteiger partial charge in [-0.1, -0.05) is 17.7 Å². The van der Waals surface area contributed by atoms with Crippen LogP contribution in [0.15, 0.2) is 5.16 Å². The molecule has 0 fully saturated rings. The molecule has 0 aliphatic rings. The molecule has 7 heteroatoms. The van der Waals surface area contributed by atoms with E-state index in [0.29, 0.717) is 5.16 Å². The molecule has 92 valence electrons. The molecule has 0 bridgehead atoms. The van der Waals surface area contributed by atoms with Gasteiger partial charge in [0.1, 0.15) is 0 Å². The number of tetrazole rings is 1. The third-order valence-corrected chi connectivity index (χ3v) is 2.72. The van der Waals surface area contributed by atoms with Crippen molar-refractivity contribution in [2.45, 2.75) is 31.5 Å². The Hall–Kier alpha value is -1.55. The van der Waals surface area contributed by atoms with Crippen molar-refractivity contribution in [3.63, 3.8) is 0 Å². The van der Waals surface area contributed by atoms with Gasteiger partial charge in [0.2, 0.25) is 11.1 Å². The van der Waals surface area contributed by atoms with Gasteiger partial charge in [-0.2, -0.15) is 0 Å². The molecule has 0 saturated heterocycles. The van der Waals surface area contributed by atoms with Crippen LogP contribution in [0.4, 0.5) is 0 Å². The molecule has 1 N–H and O–H groups in total. The second kappa shape index (κ2) is 5.68. The van der Waals surface area contributed by atoms with Crippen molar-refractivity contribution in [2.24, 2.45) is 0 Å². The van der Waals surface area contributed by atoms with E-state index in [1.54, 1.807) is 4.68 Å². The first-order chi connectivity index (χ1) is 7.95. The predicted octanol–water partition coefficient (Wildman–Crippen LogP) is 0.270. The lowest BCUT2D eigenvalue weighted by Crippen LogP contribution is -2.27. The summed E-state index contributed by atoms with van der Waals surface area (Å²) in [5, 5.41) is 14.6. The van der Waals surface area contributed by atoms with Gasteiger partial charge in [0.05, 0.1) is 17.8 Å². The Morgan fingerprint density at radius 1 is 1.59 bits per heavy atom. The molecule has 0 radical (unpaired) electrons. The van der Waals surface area contributed by atoms with Gasteiger partial charge in [-0.05, 0) is 31.2 Å². The van der Waals surface area contributed by atoms with E-state index in [1.807, 2.05) is 20.8 Å². The maximum absolute atomic E-state index is 11.4. The summed E-state index contributed by atoms with van der Waals surface area (Å²) in [4.78, 5) is 11.4. The van der Waals surface area contributed by atoms with Crippen LogP contribution in [-0.2, 0) is 10.3 Å². The van der Waals surface area contributed by atoms with Gasteiger partial charge < -0.3 is 5.32 Å². The van der Waals surface area contributed by atoms with Crippen LogP contribution in [-0.4, -0.2) is 38.4 Å². The largest absolute Gasteiger partial charge is 0.344 e. The molecular formula is C10H15N5OS. The van der Waals surface area contributed by atoms with Crippen LogP contribution in [0.1, 0.15) is 20.8 Å². The minimum absolute atomic E-state index is 0.128. The first kappa shape index (κ1) is 13.5. The molecule has 1 heterocycles. The first-order valence-corrected chi connectivity index (χ1v) is 6.05. The zero-order valence-corrected chi connectivity index (χ0v) is 10.9. The minimum Gasteiger partial charge on any atom is -0.344 e. The normalized spacial score (nSPS) is 10.9. The van der Waals surface area contributed by atoms with Gasteiger partial charge in [-0.15, -0.1) is 11.5 Å². The number of hydrogen-bond acceptors (Lipinski definition) is 5. The SMILES string of the molecule is C#CCNC(=O)CSc1nnnn1C(C)(C)C. The Balaban J connectivity index is 2.56. The van der Waals surface area contributed by atoms with Crippen LogP contribution in [0, 0.1) is 12.3 Å². The van der Waals surface area contributed by atoms with E-state index in [2.05, 4.69) is 26.8 Å². The summed E-state index contributed by atoms with van der Waals surface area (Å²) in [6.07, 6.45) is 5.04. The number of amides is 1. The monoisotopic (exact) mass is 253 g/mol. The Bertz CT molecular complexity index is 429. The molecule has 1 amide bonds. The number of hydrogen-bond donors (Lipinski definition) is 1. The van der Waals surface area contributed by atoms with Gasteiger partial charge in [0.15, 0.2) is 0 Å². The lowest BCUT2D eigenvalue weighted by Gasteiger charge is -2.19. The van der Waals surface area contributed by atoms with E-state index in [4.69, 9.17) is 6.42 Å². The molecule has 0 spiro atoms. The highest BCUT2D eigenvalue weighted by Gasteiger charge is 2.20.